The fourth-order valence-corrected chi connectivity index (χ4v) is 5.37. The second-order valence-electron chi connectivity index (χ2n) is 9.09. The molecule has 0 radical (unpaired) electrons. The molecule has 3 rings (SSSR count). The fraction of sp³-hybridized carbons (Fsp3) is 0.310. The van der Waals surface area contributed by atoms with E-state index in [1.165, 1.54) is 35.2 Å². The van der Waals surface area contributed by atoms with E-state index in [1.54, 1.807) is 25.1 Å². The first kappa shape index (κ1) is 28.8. The van der Waals surface area contributed by atoms with Crippen LogP contribution in [-0.2, 0) is 26.0 Å². The van der Waals surface area contributed by atoms with Gasteiger partial charge in [0.15, 0.2) is 0 Å². The SMILES string of the molecule is CC[C@H](C)NC(=O)[C@@H](C)N(CCc1ccccc1)C(=O)CN(c1ccccc1F)S(=O)(=O)c1ccccc1. The molecule has 2 amide bonds. The smallest absolute Gasteiger partial charge is 0.264 e. The summed E-state index contributed by atoms with van der Waals surface area (Å²) < 4.78 is 42.9. The molecule has 0 saturated carbocycles. The summed E-state index contributed by atoms with van der Waals surface area (Å²) in [6.07, 6.45) is 1.17. The lowest BCUT2D eigenvalue weighted by molar-refractivity contribution is -0.139. The topological polar surface area (TPSA) is 86.8 Å². The van der Waals surface area contributed by atoms with Crippen LogP contribution in [0, 0.1) is 5.82 Å². The van der Waals surface area contributed by atoms with Crippen molar-refractivity contribution >= 4 is 27.5 Å². The quantitative estimate of drug-likeness (QED) is 0.370. The minimum Gasteiger partial charge on any atom is -0.352 e. The summed E-state index contributed by atoms with van der Waals surface area (Å²) in [5, 5.41) is 2.89. The largest absolute Gasteiger partial charge is 0.352 e. The van der Waals surface area contributed by atoms with Gasteiger partial charge in [0.05, 0.1) is 10.6 Å². The summed E-state index contributed by atoms with van der Waals surface area (Å²) in [5.74, 6) is -1.74. The number of carbonyl (C=O) groups excluding carboxylic acids is 2. The Morgan fingerprint density at radius 2 is 1.47 bits per heavy atom. The zero-order valence-electron chi connectivity index (χ0n) is 21.9. The van der Waals surface area contributed by atoms with Crippen molar-refractivity contribution in [3.05, 3.63) is 96.3 Å². The molecule has 0 saturated heterocycles. The van der Waals surface area contributed by atoms with E-state index in [9.17, 15) is 22.4 Å². The second kappa shape index (κ2) is 13.2. The van der Waals surface area contributed by atoms with Gasteiger partial charge < -0.3 is 10.2 Å². The molecular formula is C29H34FN3O4S. The molecule has 0 fully saturated rings. The fourth-order valence-electron chi connectivity index (χ4n) is 3.92. The van der Waals surface area contributed by atoms with E-state index >= 15 is 0 Å². The number of rotatable bonds is 12. The van der Waals surface area contributed by atoms with Crippen LogP contribution in [0.1, 0.15) is 32.8 Å². The number of sulfonamides is 1. The Labute approximate surface area is 224 Å². The number of nitrogens with zero attached hydrogens (tertiary/aromatic N) is 2. The number of amides is 2. The molecule has 0 aromatic heterocycles. The Morgan fingerprint density at radius 1 is 0.895 bits per heavy atom. The van der Waals surface area contributed by atoms with Gasteiger partial charge in [0, 0.05) is 12.6 Å². The molecule has 0 aliphatic carbocycles. The van der Waals surface area contributed by atoms with Gasteiger partial charge in [0.25, 0.3) is 10.0 Å². The van der Waals surface area contributed by atoms with Gasteiger partial charge in [-0.25, -0.2) is 12.8 Å². The molecule has 3 aromatic rings. The van der Waals surface area contributed by atoms with Crippen molar-refractivity contribution < 1.29 is 22.4 Å². The van der Waals surface area contributed by atoms with E-state index in [2.05, 4.69) is 5.32 Å². The Balaban J connectivity index is 1.97. The minimum absolute atomic E-state index is 0.0746. The van der Waals surface area contributed by atoms with Crippen molar-refractivity contribution in [3.63, 3.8) is 0 Å². The Bertz CT molecular complexity index is 1320. The van der Waals surface area contributed by atoms with Gasteiger partial charge in [-0.15, -0.1) is 0 Å². The van der Waals surface area contributed by atoms with E-state index in [4.69, 9.17) is 0 Å². The summed E-state index contributed by atoms with van der Waals surface area (Å²) in [5.41, 5.74) is 0.715. The molecule has 2 atom stereocenters. The molecule has 0 aliphatic heterocycles. The van der Waals surface area contributed by atoms with Gasteiger partial charge >= 0.3 is 0 Å². The lowest BCUT2D eigenvalue weighted by atomic mass is 10.1. The van der Waals surface area contributed by atoms with Crippen LogP contribution in [0.15, 0.2) is 89.8 Å². The van der Waals surface area contributed by atoms with E-state index in [0.717, 1.165) is 15.9 Å². The molecule has 0 spiro atoms. The highest BCUT2D eigenvalue weighted by atomic mass is 32.2. The number of hydrogen-bond donors (Lipinski definition) is 1. The maximum Gasteiger partial charge on any atom is 0.264 e. The molecule has 9 heteroatoms. The van der Waals surface area contributed by atoms with Crippen LogP contribution in [0.25, 0.3) is 0 Å². The molecule has 0 bridgehead atoms. The standard InChI is InChI=1S/C29H34FN3O4S/c1-4-22(2)31-29(35)23(3)32(20-19-24-13-7-5-8-14-24)28(34)21-33(27-18-12-11-17-26(27)30)38(36,37)25-15-9-6-10-16-25/h5-18,22-23H,4,19-21H2,1-3H3,(H,31,35)/t22-,23+/m0/s1. The Kier molecular flexibility index (Phi) is 10.0. The number of hydrogen-bond acceptors (Lipinski definition) is 4. The summed E-state index contributed by atoms with van der Waals surface area (Å²) in [6.45, 7) is 4.92. The Morgan fingerprint density at radius 3 is 2.08 bits per heavy atom. The normalized spacial score (nSPS) is 12.8. The number of carbonyl (C=O) groups is 2. The summed E-state index contributed by atoms with van der Waals surface area (Å²) in [7, 11) is -4.30. The van der Waals surface area contributed by atoms with Crippen LogP contribution in [-0.4, -0.2) is 50.3 Å². The highest BCUT2D eigenvalue weighted by molar-refractivity contribution is 7.92. The molecule has 0 heterocycles. The predicted molar refractivity (Wildman–Crippen MR) is 147 cm³/mol. The minimum atomic E-state index is -4.30. The molecule has 38 heavy (non-hydrogen) atoms. The van der Waals surface area contributed by atoms with Crippen molar-refractivity contribution in [1.82, 2.24) is 10.2 Å². The lowest BCUT2D eigenvalue weighted by Gasteiger charge is -2.32. The highest BCUT2D eigenvalue weighted by Crippen LogP contribution is 2.26. The molecule has 0 unspecified atom stereocenters. The number of para-hydroxylation sites is 1. The summed E-state index contributed by atoms with van der Waals surface area (Å²) in [6, 6.07) is 21.5. The van der Waals surface area contributed by atoms with Crippen molar-refractivity contribution in [3.8, 4) is 0 Å². The number of anilines is 1. The average molecular weight is 540 g/mol. The van der Waals surface area contributed by atoms with E-state index in [0.29, 0.717) is 12.8 Å². The third kappa shape index (κ3) is 7.19. The molecule has 0 aliphatic rings. The summed E-state index contributed by atoms with van der Waals surface area (Å²) in [4.78, 5) is 28.0. The van der Waals surface area contributed by atoms with Crippen LogP contribution < -0.4 is 9.62 Å². The van der Waals surface area contributed by atoms with Gasteiger partial charge in [-0.3, -0.25) is 13.9 Å². The van der Waals surface area contributed by atoms with E-state index in [1.807, 2.05) is 44.2 Å². The Hall–Kier alpha value is -3.72. The van der Waals surface area contributed by atoms with Crippen LogP contribution in [0.2, 0.25) is 0 Å². The first-order valence-corrected chi connectivity index (χ1v) is 14.0. The van der Waals surface area contributed by atoms with Crippen molar-refractivity contribution in [2.45, 2.75) is 50.6 Å². The molecular weight excluding hydrogens is 505 g/mol. The van der Waals surface area contributed by atoms with Gasteiger partial charge in [-0.1, -0.05) is 67.6 Å². The zero-order chi connectivity index (χ0) is 27.7. The molecule has 202 valence electrons. The number of nitrogens with one attached hydrogen (secondary N) is 1. The van der Waals surface area contributed by atoms with Gasteiger partial charge in [-0.2, -0.15) is 0 Å². The third-order valence-electron chi connectivity index (χ3n) is 6.38. The third-order valence-corrected chi connectivity index (χ3v) is 8.16. The second-order valence-corrected chi connectivity index (χ2v) is 11.0. The number of halogens is 1. The van der Waals surface area contributed by atoms with Crippen LogP contribution in [0.5, 0.6) is 0 Å². The highest BCUT2D eigenvalue weighted by Gasteiger charge is 2.33. The maximum absolute atomic E-state index is 14.9. The number of benzene rings is 3. The van der Waals surface area contributed by atoms with Gasteiger partial charge in [0.1, 0.15) is 18.4 Å². The zero-order valence-corrected chi connectivity index (χ0v) is 22.7. The van der Waals surface area contributed by atoms with Crippen molar-refractivity contribution in [1.29, 1.82) is 0 Å². The molecule has 1 N–H and O–H groups in total. The summed E-state index contributed by atoms with van der Waals surface area (Å²) >= 11 is 0. The first-order valence-electron chi connectivity index (χ1n) is 12.6. The molecule has 3 aromatic carbocycles. The van der Waals surface area contributed by atoms with Crippen LogP contribution in [0.3, 0.4) is 0 Å². The van der Waals surface area contributed by atoms with Crippen LogP contribution >= 0.6 is 0 Å². The van der Waals surface area contributed by atoms with Crippen molar-refractivity contribution in [2.75, 3.05) is 17.4 Å². The van der Waals surface area contributed by atoms with Crippen molar-refractivity contribution in [2.24, 2.45) is 0 Å². The first-order chi connectivity index (χ1) is 18.1. The van der Waals surface area contributed by atoms with E-state index < -0.39 is 34.3 Å². The van der Waals surface area contributed by atoms with Crippen LogP contribution in [0.4, 0.5) is 10.1 Å². The average Bonchev–Trinajstić information content (AvgIpc) is 2.93. The van der Waals surface area contributed by atoms with Gasteiger partial charge in [0.2, 0.25) is 11.8 Å². The van der Waals surface area contributed by atoms with E-state index in [-0.39, 0.29) is 29.1 Å². The van der Waals surface area contributed by atoms with Gasteiger partial charge in [-0.05, 0) is 56.5 Å². The monoisotopic (exact) mass is 539 g/mol. The molecule has 7 nitrogen and oxygen atoms in total. The lowest BCUT2D eigenvalue weighted by Crippen LogP contribution is -2.53. The predicted octanol–water partition coefficient (Wildman–Crippen LogP) is 4.40. The maximum atomic E-state index is 14.9.